The largest absolute Gasteiger partial charge is 0.320 e. The maximum Gasteiger partial charge on any atom is 0.129 e. The minimum atomic E-state index is -0.549. The lowest BCUT2D eigenvalue weighted by molar-refractivity contribution is 0.635. The van der Waals surface area contributed by atoms with Crippen molar-refractivity contribution in [3.8, 4) is 0 Å². The van der Waals surface area contributed by atoms with E-state index >= 15 is 0 Å². The van der Waals surface area contributed by atoms with E-state index in [0.29, 0.717) is 11.1 Å². The fourth-order valence-electron chi connectivity index (χ4n) is 2.09. The Morgan fingerprint density at radius 2 is 1.95 bits per heavy atom. The molecule has 0 heterocycles. The van der Waals surface area contributed by atoms with Crippen molar-refractivity contribution in [2.75, 3.05) is 6.26 Å². The van der Waals surface area contributed by atoms with Crippen molar-refractivity contribution < 1.29 is 4.39 Å². The highest BCUT2D eigenvalue weighted by atomic mass is 32.2. The number of thioether (sulfide) groups is 1. The third-order valence-corrected chi connectivity index (χ3v) is 3.90. The molecule has 0 saturated carbocycles. The van der Waals surface area contributed by atoms with Crippen LogP contribution in [0.4, 0.5) is 4.39 Å². The van der Waals surface area contributed by atoms with Crippen molar-refractivity contribution in [2.24, 2.45) is 5.73 Å². The summed E-state index contributed by atoms with van der Waals surface area (Å²) in [7, 11) is 0. The summed E-state index contributed by atoms with van der Waals surface area (Å²) in [5.41, 5.74) is 8.82. The molecule has 1 nitrogen and oxygen atoms in total. The third-order valence-electron chi connectivity index (χ3n) is 3.11. The van der Waals surface area contributed by atoms with Crippen LogP contribution in [0.2, 0.25) is 0 Å². The summed E-state index contributed by atoms with van der Waals surface area (Å²) < 4.78 is 14.4. The number of hydrogen-bond acceptors (Lipinski definition) is 2. The number of rotatable bonds is 5. The summed E-state index contributed by atoms with van der Waals surface area (Å²) in [6, 6.07) is -0.549. The quantitative estimate of drug-likeness (QED) is 0.749. The second-order valence-electron chi connectivity index (χ2n) is 4.38. The van der Waals surface area contributed by atoms with E-state index in [1.54, 1.807) is 18.2 Å². The number of allylic oxidation sites excluding steroid dienone is 7. The number of hydrogen-bond donors (Lipinski definition) is 1. The monoisotopic (exact) mass is 289 g/mol. The molecule has 20 heavy (non-hydrogen) atoms. The molecule has 3 heteroatoms. The van der Waals surface area contributed by atoms with Crippen LogP contribution in [0.3, 0.4) is 0 Å². The second kappa shape index (κ2) is 7.27. The summed E-state index contributed by atoms with van der Waals surface area (Å²) in [5, 5.41) is 0. The molecule has 0 aromatic rings. The standard InChI is InChI=1S/C17H20FNS/c1-6-8-11(3)16-14(18)10-13(12(4)17(16)19)15(20-5)9-7-2/h6-10,17H,1-2,4,19H2,3,5H3/b11-8+,15-9-. The zero-order valence-corrected chi connectivity index (χ0v) is 12.8. The highest BCUT2D eigenvalue weighted by Crippen LogP contribution is 2.37. The van der Waals surface area contributed by atoms with Crippen LogP contribution in [0, 0.1) is 0 Å². The summed E-state index contributed by atoms with van der Waals surface area (Å²) in [6.07, 6.45) is 10.3. The lowest BCUT2D eigenvalue weighted by atomic mass is 9.85. The van der Waals surface area contributed by atoms with Crippen LogP contribution in [-0.4, -0.2) is 12.3 Å². The van der Waals surface area contributed by atoms with Crippen molar-refractivity contribution in [1.29, 1.82) is 0 Å². The Labute approximate surface area is 124 Å². The Morgan fingerprint density at radius 1 is 1.35 bits per heavy atom. The molecule has 0 saturated heterocycles. The molecule has 106 valence electrons. The Balaban J connectivity index is 3.41. The molecule has 0 spiro atoms. The van der Waals surface area contributed by atoms with Gasteiger partial charge in [-0.2, -0.15) is 0 Å². The van der Waals surface area contributed by atoms with Gasteiger partial charge in [-0.05, 0) is 42.1 Å². The average molecular weight is 289 g/mol. The Bertz CT molecular complexity index is 562. The van der Waals surface area contributed by atoms with Crippen LogP contribution in [0.25, 0.3) is 0 Å². The minimum absolute atomic E-state index is 0.320. The molecule has 0 aromatic carbocycles. The van der Waals surface area contributed by atoms with Crippen molar-refractivity contribution in [3.63, 3.8) is 0 Å². The maximum absolute atomic E-state index is 14.4. The second-order valence-corrected chi connectivity index (χ2v) is 5.23. The van der Waals surface area contributed by atoms with E-state index in [0.717, 1.165) is 16.1 Å². The van der Waals surface area contributed by atoms with Gasteiger partial charge >= 0.3 is 0 Å². The van der Waals surface area contributed by atoms with Gasteiger partial charge in [-0.1, -0.05) is 38.0 Å². The fraction of sp³-hybridized carbons (Fsp3) is 0.176. The van der Waals surface area contributed by atoms with Gasteiger partial charge in [0.1, 0.15) is 5.83 Å². The SMILES string of the molecule is C=C/C=C(\SC)C1=CC(F)=C(/C(C)=C/C=C)C(N)C1=C. The number of nitrogens with two attached hydrogens (primary N) is 1. The summed E-state index contributed by atoms with van der Waals surface area (Å²) >= 11 is 1.51. The van der Waals surface area contributed by atoms with Gasteiger partial charge in [0, 0.05) is 10.5 Å². The molecule has 0 aliphatic heterocycles. The molecule has 1 rings (SSSR count). The lowest BCUT2D eigenvalue weighted by Crippen LogP contribution is -2.29. The number of halogens is 1. The topological polar surface area (TPSA) is 26.0 Å². The average Bonchev–Trinajstić information content (AvgIpc) is 2.41. The normalized spacial score (nSPS) is 20.9. The van der Waals surface area contributed by atoms with E-state index in [9.17, 15) is 4.39 Å². The third kappa shape index (κ3) is 3.30. The van der Waals surface area contributed by atoms with Gasteiger partial charge in [-0.25, -0.2) is 4.39 Å². The first-order valence-electron chi connectivity index (χ1n) is 6.20. The van der Waals surface area contributed by atoms with Crippen LogP contribution >= 0.6 is 11.8 Å². The molecule has 0 fully saturated rings. The van der Waals surface area contributed by atoms with Gasteiger partial charge in [-0.3, -0.25) is 0 Å². The zero-order chi connectivity index (χ0) is 15.3. The van der Waals surface area contributed by atoms with Gasteiger partial charge in [0.05, 0.1) is 6.04 Å². The molecule has 0 bridgehead atoms. The molecule has 0 aromatic heterocycles. The van der Waals surface area contributed by atoms with E-state index in [2.05, 4.69) is 19.7 Å². The van der Waals surface area contributed by atoms with Gasteiger partial charge in [0.15, 0.2) is 0 Å². The molecular weight excluding hydrogens is 269 g/mol. The highest BCUT2D eigenvalue weighted by Gasteiger charge is 2.26. The Morgan fingerprint density at radius 3 is 2.45 bits per heavy atom. The van der Waals surface area contributed by atoms with E-state index in [1.165, 1.54) is 17.8 Å². The molecule has 1 unspecified atom stereocenters. The zero-order valence-electron chi connectivity index (χ0n) is 11.9. The summed E-state index contributed by atoms with van der Waals surface area (Å²) in [4.78, 5) is 0.903. The fourth-order valence-corrected chi connectivity index (χ4v) is 2.73. The van der Waals surface area contributed by atoms with Crippen molar-refractivity contribution >= 4 is 11.8 Å². The van der Waals surface area contributed by atoms with Crippen molar-refractivity contribution in [3.05, 3.63) is 83.1 Å². The molecule has 1 aliphatic carbocycles. The molecule has 1 atom stereocenters. The van der Waals surface area contributed by atoms with Gasteiger partial charge in [0.2, 0.25) is 0 Å². The van der Waals surface area contributed by atoms with Crippen LogP contribution in [-0.2, 0) is 0 Å². The first-order chi connectivity index (χ1) is 9.47. The lowest BCUT2D eigenvalue weighted by Gasteiger charge is -2.26. The minimum Gasteiger partial charge on any atom is -0.320 e. The maximum atomic E-state index is 14.4. The molecular formula is C17H20FNS. The Kier molecular flexibility index (Phi) is 5.99. The van der Waals surface area contributed by atoms with E-state index in [4.69, 9.17) is 5.73 Å². The smallest absolute Gasteiger partial charge is 0.129 e. The van der Waals surface area contributed by atoms with E-state index in [-0.39, 0.29) is 5.83 Å². The predicted molar refractivity (Wildman–Crippen MR) is 89.1 cm³/mol. The first kappa shape index (κ1) is 16.5. The molecule has 0 amide bonds. The van der Waals surface area contributed by atoms with Gasteiger partial charge in [0.25, 0.3) is 0 Å². The summed E-state index contributed by atoms with van der Waals surface area (Å²) in [5.74, 6) is -0.320. The van der Waals surface area contributed by atoms with Crippen LogP contribution in [0.15, 0.2) is 83.1 Å². The molecule has 0 radical (unpaired) electrons. The van der Waals surface area contributed by atoms with Crippen molar-refractivity contribution in [2.45, 2.75) is 13.0 Å². The van der Waals surface area contributed by atoms with Crippen LogP contribution in [0.1, 0.15) is 6.92 Å². The van der Waals surface area contributed by atoms with Gasteiger partial charge in [-0.15, -0.1) is 11.8 Å². The van der Waals surface area contributed by atoms with Crippen molar-refractivity contribution in [1.82, 2.24) is 0 Å². The van der Waals surface area contributed by atoms with E-state index < -0.39 is 6.04 Å². The molecule has 1 aliphatic rings. The molecule has 2 N–H and O–H groups in total. The van der Waals surface area contributed by atoms with E-state index in [1.807, 2.05) is 19.3 Å². The highest BCUT2D eigenvalue weighted by molar-refractivity contribution is 8.02. The predicted octanol–water partition coefficient (Wildman–Crippen LogP) is 4.60. The Hall–Kier alpha value is -1.58. The first-order valence-corrected chi connectivity index (χ1v) is 7.43. The van der Waals surface area contributed by atoms with Crippen LogP contribution < -0.4 is 5.73 Å². The van der Waals surface area contributed by atoms with Gasteiger partial charge < -0.3 is 5.73 Å². The summed E-state index contributed by atoms with van der Waals surface area (Å²) in [6.45, 7) is 13.1. The van der Waals surface area contributed by atoms with Crippen LogP contribution in [0.5, 0.6) is 0 Å².